The Bertz CT molecular complexity index is 529. The van der Waals surface area contributed by atoms with Crippen molar-refractivity contribution in [3.05, 3.63) is 23.8 Å². The summed E-state index contributed by atoms with van der Waals surface area (Å²) in [7, 11) is 1.45. The largest absolute Gasteiger partial charge is 0.504 e. The van der Waals surface area contributed by atoms with Crippen molar-refractivity contribution in [1.82, 2.24) is 4.90 Å². The van der Waals surface area contributed by atoms with E-state index in [0.29, 0.717) is 23.7 Å². The van der Waals surface area contributed by atoms with E-state index in [1.54, 1.807) is 23.1 Å². The Kier molecular flexibility index (Phi) is 4.44. The van der Waals surface area contributed by atoms with E-state index in [1.807, 2.05) is 0 Å². The highest BCUT2D eigenvalue weighted by molar-refractivity contribution is 7.80. The van der Waals surface area contributed by atoms with Crippen LogP contribution in [0.5, 0.6) is 11.5 Å². The van der Waals surface area contributed by atoms with Gasteiger partial charge in [-0.3, -0.25) is 4.79 Å². The van der Waals surface area contributed by atoms with Crippen molar-refractivity contribution in [3.63, 3.8) is 0 Å². The van der Waals surface area contributed by atoms with Crippen LogP contribution in [0.25, 0.3) is 0 Å². The molecule has 0 radical (unpaired) electrons. The van der Waals surface area contributed by atoms with E-state index in [4.69, 9.17) is 22.7 Å². The van der Waals surface area contributed by atoms with Gasteiger partial charge in [-0.2, -0.15) is 0 Å². The third kappa shape index (κ3) is 3.19. The first-order chi connectivity index (χ1) is 9.54. The first kappa shape index (κ1) is 14.6. The number of phenolic OH excluding ortho intramolecular Hbond substituents is 1. The zero-order valence-electron chi connectivity index (χ0n) is 11.3. The van der Waals surface area contributed by atoms with Gasteiger partial charge in [-0.15, -0.1) is 0 Å². The molecule has 0 aromatic heterocycles. The van der Waals surface area contributed by atoms with Crippen LogP contribution in [0.1, 0.15) is 29.6 Å². The molecule has 5 nitrogen and oxygen atoms in total. The van der Waals surface area contributed by atoms with E-state index in [0.717, 1.165) is 12.8 Å². The standard InChI is InChI=1S/C14H18N2O3S/c1-19-11-4-2-3-10(13(11)17)14(18)16(9-5-6-9)8-7-12(15)20/h2-4,9,17H,5-8H2,1H3,(H2,15,20). The highest BCUT2D eigenvalue weighted by Crippen LogP contribution is 2.34. The molecule has 1 fully saturated rings. The molecule has 0 atom stereocenters. The minimum absolute atomic E-state index is 0.124. The molecule has 2 rings (SSSR count). The molecule has 108 valence electrons. The maximum atomic E-state index is 12.6. The Morgan fingerprint density at radius 2 is 2.25 bits per heavy atom. The lowest BCUT2D eigenvalue weighted by molar-refractivity contribution is 0.0744. The Balaban J connectivity index is 2.21. The maximum absolute atomic E-state index is 12.6. The minimum atomic E-state index is -0.208. The van der Waals surface area contributed by atoms with Crippen molar-refractivity contribution >= 4 is 23.1 Å². The molecule has 3 N–H and O–H groups in total. The smallest absolute Gasteiger partial charge is 0.258 e. The van der Waals surface area contributed by atoms with Gasteiger partial charge in [-0.25, -0.2) is 0 Å². The van der Waals surface area contributed by atoms with Crippen molar-refractivity contribution < 1.29 is 14.6 Å². The van der Waals surface area contributed by atoms with Crippen LogP contribution in [-0.4, -0.2) is 40.6 Å². The summed E-state index contributed by atoms with van der Waals surface area (Å²) < 4.78 is 5.03. The predicted molar refractivity (Wildman–Crippen MR) is 80.1 cm³/mol. The van der Waals surface area contributed by atoms with Gasteiger partial charge >= 0.3 is 0 Å². The number of para-hydroxylation sites is 1. The molecule has 6 heteroatoms. The summed E-state index contributed by atoms with van der Waals surface area (Å²) in [5.74, 6) is -0.0398. The van der Waals surface area contributed by atoms with Crippen LogP contribution in [-0.2, 0) is 0 Å². The summed E-state index contributed by atoms with van der Waals surface area (Å²) in [6, 6.07) is 5.12. The number of rotatable bonds is 6. The number of carbonyl (C=O) groups is 1. The van der Waals surface area contributed by atoms with E-state index in [1.165, 1.54) is 7.11 Å². The van der Waals surface area contributed by atoms with Gasteiger partial charge in [-0.05, 0) is 25.0 Å². The first-order valence-electron chi connectivity index (χ1n) is 6.50. The van der Waals surface area contributed by atoms with Gasteiger partial charge in [-0.1, -0.05) is 18.3 Å². The second kappa shape index (κ2) is 6.09. The highest BCUT2D eigenvalue weighted by Gasteiger charge is 2.34. The Morgan fingerprint density at radius 3 is 2.80 bits per heavy atom. The molecule has 0 heterocycles. The van der Waals surface area contributed by atoms with E-state index >= 15 is 0 Å². The lowest BCUT2D eigenvalue weighted by Gasteiger charge is -2.23. The van der Waals surface area contributed by atoms with Crippen LogP contribution in [0, 0.1) is 0 Å². The average molecular weight is 294 g/mol. The number of benzene rings is 1. The molecular formula is C14H18N2O3S. The van der Waals surface area contributed by atoms with Gasteiger partial charge in [0.05, 0.1) is 17.7 Å². The molecule has 1 aromatic carbocycles. The van der Waals surface area contributed by atoms with E-state index in [-0.39, 0.29) is 23.3 Å². The van der Waals surface area contributed by atoms with Gasteiger partial charge < -0.3 is 20.5 Å². The maximum Gasteiger partial charge on any atom is 0.258 e. The molecule has 0 saturated heterocycles. The number of hydrogen-bond acceptors (Lipinski definition) is 4. The van der Waals surface area contributed by atoms with Gasteiger partial charge in [0, 0.05) is 19.0 Å². The van der Waals surface area contributed by atoms with Crippen LogP contribution in [0.2, 0.25) is 0 Å². The predicted octanol–water partition coefficient (Wildman–Crippen LogP) is 1.68. The molecule has 0 bridgehead atoms. The van der Waals surface area contributed by atoms with Crippen molar-refractivity contribution in [2.45, 2.75) is 25.3 Å². The molecule has 1 amide bonds. The molecule has 0 spiro atoms. The number of carbonyl (C=O) groups excluding carboxylic acids is 1. The quantitative estimate of drug-likeness (QED) is 0.781. The third-order valence-corrected chi connectivity index (χ3v) is 3.50. The summed E-state index contributed by atoms with van der Waals surface area (Å²) >= 11 is 4.86. The fourth-order valence-electron chi connectivity index (χ4n) is 2.08. The summed E-state index contributed by atoms with van der Waals surface area (Å²) in [5, 5.41) is 10.1. The highest BCUT2D eigenvalue weighted by atomic mass is 32.1. The van der Waals surface area contributed by atoms with Crippen LogP contribution in [0.4, 0.5) is 0 Å². The van der Waals surface area contributed by atoms with Crippen molar-refractivity contribution in [3.8, 4) is 11.5 Å². The topological polar surface area (TPSA) is 75.8 Å². The zero-order valence-corrected chi connectivity index (χ0v) is 12.2. The van der Waals surface area contributed by atoms with Crippen molar-refractivity contribution in [2.75, 3.05) is 13.7 Å². The number of amides is 1. The Labute approximate surface area is 123 Å². The molecule has 1 aliphatic carbocycles. The molecule has 0 unspecified atom stereocenters. The van der Waals surface area contributed by atoms with Gasteiger partial charge in [0.1, 0.15) is 0 Å². The average Bonchev–Trinajstić information content (AvgIpc) is 3.23. The normalized spacial score (nSPS) is 13.8. The molecular weight excluding hydrogens is 276 g/mol. The number of nitrogens with two attached hydrogens (primary N) is 1. The van der Waals surface area contributed by atoms with E-state index in [9.17, 15) is 9.90 Å². The summed E-state index contributed by atoms with van der Waals surface area (Å²) in [5.41, 5.74) is 5.75. The molecule has 1 saturated carbocycles. The van der Waals surface area contributed by atoms with E-state index < -0.39 is 0 Å². The summed E-state index contributed by atoms with van der Waals surface area (Å²) in [6.07, 6.45) is 2.45. The van der Waals surface area contributed by atoms with Gasteiger partial charge in [0.2, 0.25) is 0 Å². The number of thiocarbonyl (C=S) groups is 1. The second-order valence-electron chi connectivity index (χ2n) is 4.80. The van der Waals surface area contributed by atoms with Crippen LogP contribution in [0.15, 0.2) is 18.2 Å². The van der Waals surface area contributed by atoms with Crippen molar-refractivity contribution in [1.29, 1.82) is 0 Å². The van der Waals surface area contributed by atoms with Gasteiger partial charge in [0.25, 0.3) is 5.91 Å². The molecule has 20 heavy (non-hydrogen) atoms. The monoisotopic (exact) mass is 294 g/mol. The summed E-state index contributed by atoms with van der Waals surface area (Å²) in [6.45, 7) is 0.482. The Hall–Kier alpha value is -1.82. The molecule has 0 aliphatic heterocycles. The number of phenols is 1. The third-order valence-electron chi connectivity index (χ3n) is 3.30. The minimum Gasteiger partial charge on any atom is -0.504 e. The van der Waals surface area contributed by atoms with Crippen LogP contribution >= 0.6 is 12.2 Å². The molecule has 1 aliphatic rings. The first-order valence-corrected chi connectivity index (χ1v) is 6.90. The zero-order chi connectivity index (χ0) is 14.7. The second-order valence-corrected chi connectivity index (χ2v) is 5.33. The fraction of sp³-hybridized carbons (Fsp3) is 0.429. The fourth-order valence-corrected chi connectivity index (χ4v) is 2.17. The molecule has 1 aromatic rings. The van der Waals surface area contributed by atoms with Crippen molar-refractivity contribution in [2.24, 2.45) is 5.73 Å². The number of ether oxygens (including phenoxy) is 1. The number of nitrogens with zero attached hydrogens (tertiary/aromatic N) is 1. The SMILES string of the molecule is COc1cccc(C(=O)N(CCC(N)=S)C2CC2)c1O. The van der Waals surface area contributed by atoms with E-state index in [2.05, 4.69) is 0 Å². The van der Waals surface area contributed by atoms with Gasteiger partial charge in [0.15, 0.2) is 11.5 Å². The number of methoxy groups -OCH3 is 1. The van der Waals surface area contributed by atoms with Crippen LogP contribution < -0.4 is 10.5 Å². The summed E-state index contributed by atoms with van der Waals surface area (Å²) in [4.78, 5) is 14.7. The number of aromatic hydroxyl groups is 1. The lowest BCUT2D eigenvalue weighted by Crippen LogP contribution is -2.35. The van der Waals surface area contributed by atoms with Crippen LogP contribution in [0.3, 0.4) is 0 Å². The number of hydrogen-bond donors (Lipinski definition) is 2. The Morgan fingerprint density at radius 1 is 1.55 bits per heavy atom. The lowest BCUT2D eigenvalue weighted by atomic mass is 10.1.